The van der Waals surface area contributed by atoms with E-state index >= 15 is 0 Å². The lowest BCUT2D eigenvalue weighted by atomic mass is 9.61. The van der Waals surface area contributed by atoms with Gasteiger partial charge >= 0.3 is 6.09 Å². The fourth-order valence-corrected chi connectivity index (χ4v) is 6.11. The number of halogens is 1. The Bertz CT molecular complexity index is 1260. The van der Waals surface area contributed by atoms with E-state index in [4.69, 9.17) is 4.74 Å². The summed E-state index contributed by atoms with van der Waals surface area (Å²) in [6.07, 6.45) is 3.37. The van der Waals surface area contributed by atoms with Crippen molar-refractivity contribution in [3.63, 3.8) is 0 Å². The number of nitrogens with zero attached hydrogens (tertiary/aromatic N) is 5. The predicted octanol–water partition coefficient (Wildman–Crippen LogP) is 4.47. The molecule has 36 heavy (non-hydrogen) atoms. The number of fused-ring (bicyclic) bond motifs is 1. The molecular weight excluding hydrogens is 457 g/mol. The molecule has 1 aromatic heterocycles. The number of carbonyl (C=O) groups is 1. The monoisotopic (exact) mass is 489 g/mol. The molecule has 3 heterocycles. The minimum Gasteiger partial charge on any atom is -0.446 e. The molecule has 3 fully saturated rings. The first kappa shape index (κ1) is 23.2. The molecule has 2 aromatic carbocycles. The summed E-state index contributed by atoms with van der Waals surface area (Å²) < 4.78 is 19.4. The van der Waals surface area contributed by atoms with Crippen molar-refractivity contribution in [3.8, 4) is 0 Å². The minimum atomic E-state index is -0.299. The third-order valence-electron chi connectivity index (χ3n) is 7.96. The van der Waals surface area contributed by atoms with Crippen LogP contribution in [-0.2, 0) is 11.3 Å². The first-order valence-electron chi connectivity index (χ1n) is 12.8. The van der Waals surface area contributed by atoms with Crippen LogP contribution in [0, 0.1) is 11.2 Å². The number of ether oxygens (including phenoxy) is 1. The van der Waals surface area contributed by atoms with Crippen LogP contribution in [0.5, 0.6) is 0 Å². The van der Waals surface area contributed by atoms with Crippen molar-refractivity contribution in [1.29, 1.82) is 0 Å². The van der Waals surface area contributed by atoms with E-state index in [9.17, 15) is 9.18 Å². The Balaban J connectivity index is 1.01. The summed E-state index contributed by atoms with van der Waals surface area (Å²) in [5.41, 5.74) is 2.38. The van der Waals surface area contributed by atoms with E-state index in [1.807, 2.05) is 17.9 Å². The molecule has 3 aromatic rings. The lowest BCUT2D eigenvalue weighted by molar-refractivity contribution is -0.137. The molecule has 1 spiro atoms. The molecule has 1 saturated carbocycles. The Morgan fingerprint density at radius 3 is 2.64 bits per heavy atom. The predicted molar refractivity (Wildman–Crippen MR) is 136 cm³/mol. The fraction of sp³-hybridized carbons (Fsp3) is 0.464. The molecule has 2 aliphatic heterocycles. The molecule has 1 aliphatic carbocycles. The SMILES string of the molecule is C[C@@H]1CN(c2ncc3cc(F)ccc3n2)[C@@H](C)CN1C(=O)OC1CC2(C1)CN(Cc1ccccc1)C2. The Hall–Kier alpha value is -3.26. The average Bonchev–Trinajstić information content (AvgIpc) is 2.82. The number of piperazine rings is 1. The Labute approximate surface area is 210 Å². The van der Waals surface area contributed by atoms with E-state index in [1.54, 1.807) is 12.3 Å². The molecule has 2 atom stereocenters. The number of anilines is 1. The summed E-state index contributed by atoms with van der Waals surface area (Å²) >= 11 is 0. The van der Waals surface area contributed by atoms with E-state index in [1.165, 1.54) is 17.7 Å². The number of hydrogen-bond donors (Lipinski definition) is 0. The highest BCUT2D eigenvalue weighted by Crippen LogP contribution is 2.50. The summed E-state index contributed by atoms with van der Waals surface area (Å²) in [7, 11) is 0. The molecule has 0 unspecified atom stereocenters. The molecule has 3 aliphatic rings. The molecule has 0 bridgehead atoms. The fourth-order valence-electron chi connectivity index (χ4n) is 6.11. The zero-order chi connectivity index (χ0) is 24.9. The third-order valence-corrected chi connectivity index (χ3v) is 7.96. The van der Waals surface area contributed by atoms with E-state index in [0.717, 1.165) is 32.5 Å². The molecule has 8 heteroatoms. The van der Waals surface area contributed by atoms with Gasteiger partial charge in [-0.2, -0.15) is 0 Å². The molecule has 7 nitrogen and oxygen atoms in total. The first-order chi connectivity index (χ1) is 17.4. The van der Waals surface area contributed by atoms with Gasteiger partial charge in [0.1, 0.15) is 11.9 Å². The summed E-state index contributed by atoms with van der Waals surface area (Å²) in [5, 5.41) is 0.676. The van der Waals surface area contributed by atoms with Gasteiger partial charge in [-0.3, -0.25) is 4.90 Å². The molecule has 0 radical (unpaired) electrons. The van der Waals surface area contributed by atoms with Gasteiger partial charge in [-0.1, -0.05) is 30.3 Å². The van der Waals surface area contributed by atoms with Crippen molar-refractivity contribution in [2.45, 2.75) is 51.4 Å². The summed E-state index contributed by atoms with van der Waals surface area (Å²) in [4.78, 5) is 28.6. The van der Waals surface area contributed by atoms with Gasteiger partial charge in [-0.15, -0.1) is 0 Å². The van der Waals surface area contributed by atoms with Gasteiger partial charge in [0.05, 0.1) is 5.52 Å². The minimum absolute atomic E-state index is 0.0149. The van der Waals surface area contributed by atoms with Crippen LogP contribution in [0.3, 0.4) is 0 Å². The highest BCUT2D eigenvalue weighted by atomic mass is 19.1. The van der Waals surface area contributed by atoms with Crippen LogP contribution in [0.1, 0.15) is 32.3 Å². The molecule has 1 amide bonds. The van der Waals surface area contributed by atoms with Gasteiger partial charge in [0.25, 0.3) is 0 Å². The quantitative estimate of drug-likeness (QED) is 0.539. The van der Waals surface area contributed by atoms with Gasteiger partial charge in [0, 0.05) is 61.8 Å². The maximum absolute atomic E-state index is 13.5. The zero-order valence-corrected chi connectivity index (χ0v) is 20.8. The molecule has 2 saturated heterocycles. The topological polar surface area (TPSA) is 61.8 Å². The van der Waals surface area contributed by atoms with Crippen LogP contribution >= 0.6 is 0 Å². The molecular formula is C28H32FN5O2. The Morgan fingerprint density at radius 1 is 1.08 bits per heavy atom. The summed E-state index contributed by atoms with van der Waals surface area (Å²) in [5.74, 6) is 0.305. The highest BCUT2D eigenvalue weighted by Gasteiger charge is 2.54. The van der Waals surface area contributed by atoms with Crippen LogP contribution in [0.4, 0.5) is 15.1 Å². The second kappa shape index (κ2) is 9.00. The highest BCUT2D eigenvalue weighted by molar-refractivity contribution is 5.78. The number of rotatable bonds is 4. The zero-order valence-electron chi connectivity index (χ0n) is 20.8. The van der Waals surface area contributed by atoms with Gasteiger partial charge in [0.15, 0.2) is 0 Å². The number of amides is 1. The van der Waals surface area contributed by atoms with Crippen LogP contribution in [0.15, 0.2) is 54.7 Å². The van der Waals surface area contributed by atoms with E-state index < -0.39 is 0 Å². The molecule has 188 valence electrons. The first-order valence-corrected chi connectivity index (χ1v) is 12.8. The second-order valence-corrected chi connectivity index (χ2v) is 10.9. The summed E-state index contributed by atoms with van der Waals surface area (Å²) in [6.45, 7) is 8.43. The second-order valence-electron chi connectivity index (χ2n) is 10.9. The van der Waals surface area contributed by atoms with Crippen LogP contribution in [-0.4, -0.2) is 70.2 Å². The van der Waals surface area contributed by atoms with Crippen LogP contribution in [0.2, 0.25) is 0 Å². The van der Waals surface area contributed by atoms with Gasteiger partial charge in [0.2, 0.25) is 5.95 Å². The number of likely N-dealkylation sites (tertiary alicyclic amines) is 1. The maximum Gasteiger partial charge on any atom is 0.410 e. The average molecular weight is 490 g/mol. The molecule has 0 N–H and O–H groups in total. The lowest BCUT2D eigenvalue weighted by Gasteiger charge is -2.58. The van der Waals surface area contributed by atoms with Crippen molar-refractivity contribution in [2.75, 3.05) is 31.1 Å². The molecule has 6 rings (SSSR count). The largest absolute Gasteiger partial charge is 0.446 e. The normalized spacial score (nSPS) is 24.0. The smallest absolute Gasteiger partial charge is 0.410 e. The van der Waals surface area contributed by atoms with Crippen LogP contribution < -0.4 is 4.90 Å². The standard InChI is InChI=1S/C28H32FN5O2/c1-19-15-34(20(2)14-33(19)26-30-13-22-10-23(29)8-9-25(22)31-26)27(35)36-24-11-28(12-24)17-32(18-28)16-21-6-4-3-5-7-21/h3-10,13,19-20,24H,11-12,14-18H2,1-2H3/t19-,20+/m0/s1. The van der Waals surface area contributed by atoms with Crippen molar-refractivity contribution < 1.29 is 13.9 Å². The van der Waals surface area contributed by atoms with Crippen molar-refractivity contribution in [1.82, 2.24) is 19.8 Å². The van der Waals surface area contributed by atoms with E-state index in [0.29, 0.717) is 35.4 Å². The van der Waals surface area contributed by atoms with Crippen molar-refractivity contribution in [3.05, 3.63) is 66.1 Å². The van der Waals surface area contributed by atoms with Crippen LogP contribution in [0.25, 0.3) is 10.9 Å². The van der Waals surface area contributed by atoms with E-state index in [2.05, 4.69) is 51.0 Å². The number of carbonyl (C=O) groups excluding carboxylic acids is 1. The number of hydrogen-bond acceptors (Lipinski definition) is 6. The van der Waals surface area contributed by atoms with Crippen molar-refractivity contribution in [2.24, 2.45) is 5.41 Å². The lowest BCUT2D eigenvalue weighted by Crippen LogP contribution is -2.64. The van der Waals surface area contributed by atoms with Gasteiger partial charge in [-0.05, 0) is 50.5 Å². The Morgan fingerprint density at radius 2 is 1.86 bits per heavy atom. The number of aromatic nitrogens is 2. The van der Waals surface area contributed by atoms with Gasteiger partial charge < -0.3 is 14.5 Å². The maximum atomic E-state index is 13.5. The van der Waals surface area contributed by atoms with Crippen molar-refractivity contribution >= 4 is 22.9 Å². The Kier molecular flexibility index (Phi) is 5.79. The summed E-state index contributed by atoms with van der Waals surface area (Å²) in [6, 6.07) is 15.1. The van der Waals surface area contributed by atoms with Gasteiger partial charge in [-0.25, -0.2) is 19.2 Å². The van der Waals surface area contributed by atoms with E-state index in [-0.39, 0.29) is 30.1 Å². The number of benzene rings is 2. The third kappa shape index (κ3) is 4.39.